The van der Waals surface area contributed by atoms with Crippen molar-refractivity contribution in [3.63, 3.8) is 0 Å². The minimum Gasteiger partial charge on any atom is -0.492 e. The van der Waals surface area contributed by atoms with E-state index < -0.39 is 0 Å². The Morgan fingerprint density at radius 2 is 1.93 bits per heavy atom. The lowest BCUT2D eigenvalue weighted by Gasteiger charge is -2.22. The first-order valence-corrected chi connectivity index (χ1v) is 9.18. The summed E-state index contributed by atoms with van der Waals surface area (Å²) in [6.07, 6.45) is 0. The lowest BCUT2D eigenvalue weighted by atomic mass is 10.2. The number of guanidine groups is 1. The van der Waals surface area contributed by atoms with Gasteiger partial charge in [0.2, 0.25) is 0 Å². The summed E-state index contributed by atoms with van der Waals surface area (Å²) < 4.78 is 12.9. The maximum Gasteiger partial charge on any atom is 0.193 e. The van der Waals surface area contributed by atoms with Crippen LogP contribution in [-0.4, -0.2) is 61.6 Å². The molecule has 1 aromatic heterocycles. The van der Waals surface area contributed by atoms with E-state index in [4.69, 9.17) is 9.47 Å². The quantitative estimate of drug-likeness (QED) is 0.325. The van der Waals surface area contributed by atoms with Gasteiger partial charge in [0.05, 0.1) is 25.4 Å². The molecule has 156 valence electrons. The molecule has 1 N–H and O–H groups in total. The Morgan fingerprint density at radius 3 is 2.57 bits per heavy atom. The molecule has 1 heterocycles. The Morgan fingerprint density at radius 1 is 1.21 bits per heavy atom. The summed E-state index contributed by atoms with van der Waals surface area (Å²) in [7, 11) is 5.50. The summed E-state index contributed by atoms with van der Waals surface area (Å²) in [4.78, 5) is 6.43. The fraction of sp³-hybridized carbons (Fsp3) is 0.500. The minimum absolute atomic E-state index is 0. The third kappa shape index (κ3) is 6.97. The molecule has 2 rings (SSSR count). The number of likely N-dealkylation sites (N-methyl/N-ethyl adjacent to an activating group) is 1. The Bertz CT molecular complexity index is 734. The molecule has 0 saturated carbocycles. The van der Waals surface area contributed by atoms with Crippen molar-refractivity contribution in [3.8, 4) is 5.75 Å². The van der Waals surface area contributed by atoms with Crippen molar-refractivity contribution in [2.75, 3.05) is 41.0 Å². The number of rotatable bonds is 9. The maximum absolute atomic E-state index is 5.76. The average Bonchev–Trinajstić information content (AvgIpc) is 2.95. The number of nitrogens with one attached hydrogen (secondary N) is 1. The molecule has 0 amide bonds. The van der Waals surface area contributed by atoms with Crippen LogP contribution in [0.4, 0.5) is 0 Å². The minimum atomic E-state index is 0. The van der Waals surface area contributed by atoms with Gasteiger partial charge in [0.1, 0.15) is 12.4 Å². The summed E-state index contributed by atoms with van der Waals surface area (Å²) >= 11 is 0. The Balaban J connectivity index is 0.00000392. The number of benzene rings is 1. The highest BCUT2D eigenvalue weighted by atomic mass is 127. The third-order valence-electron chi connectivity index (χ3n) is 4.47. The summed E-state index contributed by atoms with van der Waals surface area (Å²) in [5, 5.41) is 8.02. The molecule has 8 heteroatoms. The molecule has 0 atom stereocenters. The predicted molar refractivity (Wildman–Crippen MR) is 124 cm³/mol. The van der Waals surface area contributed by atoms with E-state index in [0.717, 1.165) is 36.2 Å². The van der Waals surface area contributed by atoms with E-state index in [0.29, 0.717) is 19.8 Å². The number of aromatic nitrogens is 2. The second kappa shape index (κ2) is 12.6. The normalized spacial score (nSPS) is 11.1. The molecule has 0 aliphatic rings. The fourth-order valence-electron chi connectivity index (χ4n) is 2.86. The number of para-hydroxylation sites is 1. The largest absolute Gasteiger partial charge is 0.492 e. The molecule has 0 bridgehead atoms. The van der Waals surface area contributed by atoms with E-state index in [1.165, 1.54) is 5.56 Å². The zero-order valence-electron chi connectivity index (χ0n) is 17.4. The van der Waals surface area contributed by atoms with Gasteiger partial charge in [-0.1, -0.05) is 18.2 Å². The van der Waals surface area contributed by atoms with Crippen molar-refractivity contribution < 1.29 is 9.47 Å². The number of methoxy groups -OCH3 is 1. The number of aryl methyl sites for hydroxylation is 1. The summed E-state index contributed by atoms with van der Waals surface area (Å²) in [5.74, 6) is 1.71. The lowest BCUT2D eigenvalue weighted by molar-refractivity contribution is 0.182. The molecule has 1 aromatic carbocycles. The topological polar surface area (TPSA) is 63.9 Å². The first-order chi connectivity index (χ1) is 13.1. The fourth-order valence-corrected chi connectivity index (χ4v) is 2.86. The molecule has 0 fully saturated rings. The molecular weight excluding hydrogens is 469 g/mol. The first-order valence-electron chi connectivity index (χ1n) is 9.18. The van der Waals surface area contributed by atoms with Crippen LogP contribution in [0.5, 0.6) is 5.75 Å². The van der Waals surface area contributed by atoms with E-state index in [1.54, 1.807) is 14.2 Å². The second-order valence-corrected chi connectivity index (χ2v) is 6.35. The number of hydrogen-bond donors (Lipinski definition) is 1. The van der Waals surface area contributed by atoms with Gasteiger partial charge in [0.15, 0.2) is 5.96 Å². The molecular formula is C20H32IN5O2. The summed E-state index contributed by atoms with van der Waals surface area (Å²) in [6, 6.07) is 9.83. The van der Waals surface area contributed by atoms with Crippen molar-refractivity contribution in [1.29, 1.82) is 0 Å². The SMILES string of the molecule is CN=C(NCc1c(C)nn(CCOC)c1C)N(C)CCOc1ccccc1.I. The monoisotopic (exact) mass is 501 g/mol. The lowest BCUT2D eigenvalue weighted by Crippen LogP contribution is -2.40. The third-order valence-corrected chi connectivity index (χ3v) is 4.47. The molecule has 0 radical (unpaired) electrons. The van der Waals surface area contributed by atoms with Gasteiger partial charge in [0.25, 0.3) is 0 Å². The van der Waals surface area contributed by atoms with Crippen LogP contribution in [0.15, 0.2) is 35.3 Å². The summed E-state index contributed by atoms with van der Waals surface area (Å²) in [6.45, 7) is 7.55. The van der Waals surface area contributed by atoms with Crippen molar-refractivity contribution in [2.24, 2.45) is 4.99 Å². The number of hydrogen-bond acceptors (Lipinski definition) is 4. The number of ether oxygens (including phenoxy) is 2. The van der Waals surface area contributed by atoms with Crippen molar-refractivity contribution >= 4 is 29.9 Å². The Labute approximate surface area is 185 Å². The predicted octanol–water partition coefficient (Wildman–Crippen LogP) is 2.85. The number of aliphatic imine (C=N–C) groups is 1. The van der Waals surface area contributed by atoms with Gasteiger partial charge in [-0.3, -0.25) is 9.67 Å². The van der Waals surface area contributed by atoms with E-state index in [1.807, 2.05) is 49.0 Å². The maximum atomic E-state index is 5.76. The van der Waals surface area contributed by atoms with Gasteiger partial charge in [-0.05, 0) is 26.0 Å². The molecule has 7 nitrogen and oxygen atoms in total. The van der Waals surface area contributed by atoms with Crippen LogP contribution < -0.4 is 10.1 Å². The highest BCUT2D eigenvalue weighted by molar-refractivity contribution is 14.0. The van der Waals surface area contributed by atoms with Gasteiger partial charge in [-0.2, -0.15) is 5.10 Å². The number of nitrogens with zero attached hydrogens (tertiary/aromatic N) is 4. The molecule has 0 saturated heterocycles. The highest BCUT2D eigenvalue weighted by Gasteiger charge is 2.13. The van der Waals surface area contributed by atoms with Crippen LogP contribution in [0, 0.1) is 13.8 Å². The van der Waals surface area contributed by atoms with Gasteiger partial charge in [-0.25, -0.2) is 0 Å². The van der Waals surface area contributed by atoms with Crippen LogP contribution in [-0.2, 0) is 17.8 Å². The Hall–Kier alpha value is -1.81. The zero-order valence-corrected chi connectivity index (χ0v) is 19.8. The molecule has 0 spiro atoms. The van der Waals surface area contributed by atoms with E-state index in [-0.39, 0.29) is 24.0 Å². The highest BCUT2D eigenvalue weighted by Crippen LogP contribution is 2.13. The smallest absolute Gasteiger partial charge is 0.193 e. The van der Waals surface area contributed by atoms with Gasteiger partial charge >= 0.3 is 0 Å². The van der Waals surface area contributed by atoms with Crippen LogP contribution in [0.3, 0.4) is 0 Å². The number of halogens is 1. The molecule has 0 unspecified atom stereocenters. The molecule has 28 heavy (non-hydrogen) atoms. The average molecular weight is 501 g/mol. The van der Waals surface area contributed by atoms with Crippen molar-refractivity contribution in [3.05, 3.63) is 47.3 Å². The molecule has 0 aliphatic carbocycles. The van der Waals surface area contributed by atoms with Gasteiger partial charge in [-0.15, -0.1) is 24.0 Å². The van der Waals surface area contributed by atoms with Crippen molar-refractivity contribution in [2.45, 2.75) is 26.9 Å². The van der Waals surface area contributed by atoms with Crippen LogP contribution in [0.1, 0.15) is 17.0 Å². The van der Waals surface area contributed by atoms with Crippen molar-refractivity contribution in [1.82, 2.24) is 20.0 Å². The first kappa shape index (κ1) is 24.2. The van der Waals surface area contributed by atoms with Crippen LogP contribution in [0.2, 0.25) is 0 Å². The van der Waals surface area contributed by atoms with E-state index in [2.05, 4.69) is 27.2 Å². The molecule has 2 aromatic rings. The van der Waals surface area contributed by atoms with Crippen LogP contribution in [0.25, 0.3) is 0 Å². The van der Waals surface area contributed by atoms with E-state index >= 15 is 0 Å². The second-order valence-electron chi connectivity index (χ2n) is 6.35. The summed E-state index contributed by atoms with van der Waals surface area (Å²) in [5.41, 5.74) is 3.38. The van der Waals surface area contributed by atoms with E-state index in [9.17, 15) is 0 Å². The molecule has 0 aliphatic heterocycles. The standard InChI is InChI=1S/C20H31N5O2.HI/c1-16-19(17(2)25(23-16)12-13-26-5)15-22-20(21-3)24(4)11-14-27-18-9-7-6-8-10-18;/h6-10H,11-15H2,1-5H3,(H,21,22);1H. The Kier molecular flexibility index (Phi) is 10.9. The van der Waals surface area contributed by atoms with Gasteiger partial charge < -0.3 is 19.7 Å². The van der Waals surface area contributed by atoms with Crippen LogP contribution >= 0.6 is 24.0 Å². The zero-order chi connectivity index (χ0) is 19.6. The van der Waals surface area contributed by atoms with Gasteiger partial charge in [0, 0.05) is 39.0 Å².